The van der Waals surface area contributed by atoms with Crippen molar-refractivity contribution in [2.75, 3.05) is 19.4 Å². The fraction of sp³-hybridized carbons (Fsp3) is 0.667. The molecular weight excluding hydrogens is 404 g/mol. The lowest BCUT2D eigenvalue weighted by Gasteiger charge is -2.31. The molecular formula is C18H30N2O6S2. The van der Waals surface area contributed by atoms with E-state index in [1.807, 2.05) is 0 Å². The predicted molar refractivity (Wildman–Crippen MR) is 108 cm³/mol. The van der Waals surface area contributed by atoms with Crippen molar-refractivity contribution < 1.29 is 26.7 Å². The molecule has 0 saturated heterocycles. The Kier molecular flexibility index (Phi) is 7.49. The Bertz CT molecular complexity index is 853. The molecule has 1 aliphatic rings. The molecule has 0 bridgehead atoms. The third-order valence-corrected chi connectivity index (χ3v) is 7.45. The first-order valence-corrected chi connectivity index (χ1v) is 12.8. The number of rotatable bonds is 10. The van der Waals surface area contributed by atoms with E-state index in [0.29, 0.717) is 43.7 Å². The topological polar surface area (TPSA) is 122 Å². The van der Waals surface area contributed by atoms with E-state index in [2.05, 4.69) is 9.44 Å². The summed E-state index contributed by atoms with van der Waals surface area (Å²) in [5, 5.41) is 10.6. The number of aliphatic hydroxyl groups is 1. The van der Waals surface area contributed by atoms with Crippen LogP contribution >= 0.6 is 0 Å². The summed E-state index contributed by atoms with van der Waals surface area (Å²) >= 11 is 0. The number of benzene rings is 1. The summed E-state index contributed by atoms with van der Waals surface area (Å²) < 4.78 is 57.0. The number of hydrogen-bond acceptors (Lipinski definition) is 6. The van der Waals surface area contributed by atoms with E-state index >= 15 is 0 Å². The van der Waals surface area contributed by atoms with Gasteiger partial charge in [0.15, 0.2) is 0 Å². The van der Waals surface area contributed by atoms with Gasteiger partial charge in [-0.2, -0.15) is 0 Å². The second-order valence-corrected chi connectivity index (χ2v) is 11.6. The first-order chi connectivity index (χ1) is 12.9. The lowest BCUT2D eigenvalue weighted by molar-refractivity contribution is 0.0230. The van der Waals surface area contributed by atoms with Gasteiger partial charge in [0.1, 0.15) is 11.4 Å². The molecule has 2 rings (SSSR count). The summed E-state index contributed by atoms with van der Waals surface area (Å²) in [4.78, 5) is 0. The maximum absolute atomic E-state index is 12.2. The van der Waals surface area contributed by atoms with Crippen LogP contribution in [0.5, 0.6) is 5.75 Å². The van der Waals surface area contributed by atoms with E-state index < -0.39 is 36.9 Å². The molecule has 1 aromatic rings. The molecule has 0 radical (unpaired) electrons. The molecule has 3 N–H and O–H groups in total. The molecule has 0 spiro atoms. The second kappa shape index (κ2) is 9.08. The van der Waals surface area contributed by atoms with Gasteiger partial charge in [-0.3, -0.25) is 0 Å². The molecule has 28 heavy (non-hydrogen) atoms. The zero-order valence-electron chi connectivity index (χ0n) is 16.5. The van der Waals surface area contributed by atoms with Crippen molar-refractivity contribution in [3.05, 3.63) is 29.8 Å². The maximum Gasteiger partial charge on any atom is 0.214 e. The van der Waals surface area contributed by atoms with Crippen LogP contribution in [0.25, 0.3) is 0 Å². The molecule has 160 valence electrons. The Hall–Kier alpha value is -1.20. The van der Waals surface area contributed by atoms with Gasteiger partial charge in [-0.25, -0.2) is 26.3 Å². The highest BCUT2D eigenvalue weighted by molar-refractivity contribution is 7.90. The summed E-state index contributed by atoms with van der Waals surface area (Å²) in [7, 11) is -6.68. The minimum absolute atomic E-state index is 0.300. The quantitative estimate of drug-likeness (QED) is 0.474. The average Bonchev–Trinajstić information content (AvgIpc) is 2.95. The second-order valence-electron chi connectivity index (χ2n) is 7.47. The highest BCUT2D eigenvalue weighted by Gasteiger charge is 2.44. The van der Waals surface area contributed by atoms with Gasteiger partial charge in [-0.05, 0) is 57.2 Å². The normalized spacial score (nSPS) is 23.2. The number of hydrogen-bond donors (Lipinski definition) is 3. The van der Waals surface area contributed by atoms with Crippen molar-refractivity contribution in [2.45, 2.75) is 56.4 Å². The summed E-state index contributed by atoms with van der Waals surface area (Å²) in [5.74, 6) is 0.601. The maximum atomic E-state index is 12.2. The number of sulfonamides is 2. The summed E-state index contributed by atoms with van der Waals surface area (Å²) in [5.41, 5.74) is -0.604. The number of ether oxygens (including phenoxy) is 1. The standard InChI is InChI=1S/C18H30N2O6S2/c1-14(2)28(24,25)20-17-6-4-11-18(17,21)15-7-9-16(10-8-15)26-13-5-12-19-27(3,22)23/h7-10,14,17,19-21H,4-6,11-13H2,1-3H3. The summed E-state index contributed by atoms with van der Waals surface area (Å²) in [6.07, 6.45) is 3.42. The fourth-order valence-corrected chi connectivity index (χ4v) is 4.68. The van der Waals surface area contributed by atoms with Gasteiger partial charge in [0.2, 0.25) is 20.0 Å². The molecule has 2 unspecified atom stereocenters. The number of nitrogens with one attached hydrogen (secondary N) is 2. The highest BCUT2D eigenvalue weighted by atomic mass is 32.2. The van der Waals surface area contributed by atoms with Crippen LogP contribution in [0.3, 0.4) is 0 Å². The van der Waals surface area contributed by atoms with Crippen molar-refractivity contribution in [3.8, 4) is 5.75 Å². The predicted octanol–water partition coefficient (Wildman–Crippen LogP) is 1.07. The molecule has 0 heterocycles. The van der Waals surface area contributed by atoms with E-state index in [1.165, 1.54) is 0 Å². The Morgan fingerprint density at radius 1 is 1.21 bits per heavy atom. The monoisotopic (exact) mass is 434 g/mol. The van der Waals surface area contributed by atoms with Gasteiger partial charge >= 0.3 is 0 Å². The minimum atomic E-state index is -3.48. The van der Waals surface area contributed by atoms with Crippen LogP contribution in [0.1, 0.15) is 45.1 Å². The largest absolute Gasteiger partial charge is 0.494 e. The van der Waals surface area contributed by atoms with Crippen LogP contribution in [-0.2, 0) is 25.6 Å². The van der Waals surface area contributed by atoms with Crippen LogP contribution in [0.15, 0.2) is 24.3 Å². The van der Waals surface area contributed by atoms with Crippen LogP contribution in [-0.4, -0.2) is 52.6 Å². The van der Waals surface area contributed by atoms with Gasteiger partial charge in [-0.15, -0.1) is 0 Å². The van der Waals surface area contributed by atoms with E-state index in [0.717, 1.165) is 12.7 Å². The van der Waals surface area contributed by atoms with E-state index in [9.17, 15) is 21.9 Å². The van der Waals surface area contributed by atoms with Crippen LogP contribution in [0.2, 0.25) is 0 Å². The summed E-state index contributed by atoms with van der Waals surface area (Å²) in [6.45, 7) is 3.86. The van der Waals surface area contributed by atoms with Crippen molar-refractivity contribution in [1.82, 2.24) is 9.44 Å². The van der Waals surface area contributed by atoms with E-state index in [1.54, 1.807) is 38.1 Å². The van der Waals surface area contributed by atoms with Crippen molar-refractivity contribution in [3.63, 3.8) is 0 Å². The van der Waals surface area contributed by atoms with E-state index in [-0.39, 0.29) is 0 Å². The smallest absolute Gasteiger partial charge is 0.214 e. The first-order valence-electron chi connectivity index (χ1n) is 9.35. The van der Waals surface area contributed by atoms with E-state index in [4.69, 9.17) is 4.74 Å². The molecule has 0 amide bonds. The molecule has 1 aliphatic carbocycles. The molecule has 1 saturated carbocycles. The fourth-order valence-electron chi connectivity index (χ4n) is 3.18. The third-order valence-electron chi connectivity index (χ3n) is 4.86. The van der Waals surface area contributed by atoms with Crippen molar-refractivity contribution in [2.24, 2.45) is 0 Å². The van der Waals surface area contributed by atoms with Crippen molar-refractivity contribution in [1.29, 1.82) is 0 Å². The lowest BCUT2D eigenvalue weighted by atomic mass is 9.89. The SMILES string of the molecule is CC(C)S(=O)(=O)NC1CCCC1(O)c1ccc(OCCCNS(C)(=O)=O)cc1. The third kappa shape index (κ3) is 6.15. The molecule has 0 aliphatic heterocycles. The van der Waals surface area contributed by atoms with Gasteiger partial charge in [0.25, 0.3) is 0 Å². The minimum Gasteiger partial charge on any atom is -0.494 e. The molecule has 1 aromatic carbocycles. The van der Waals surface area contributed by atoms with Crippen LogP contribution in [0.4, 0.5) is 0 Å². The van der Waals surface area contributed by atoms with Crippen LogP contribution < -0.4 is 14.2 Å². The average molecular weight is 435 g/mol. The highest BCUT2D eigenvalue weighted by Crippen LogP contribution is 2.40. The molecule has 0 aromatic heterocycles. The summed E-state index contributed by atoms with van der Waals surface area (Å²) in [6, 6.07) is 6.37. The lowest BCUT2D eigenvalue weighted by Crippen LogP contribution is -2.48. The van der Waals surface area contributed by atoms with Gasteiger partial charge in [0, 0.05) is 6.54 Å². The van der Waals surface area contributed by atoms with Crippen LogP contribution in [0, 0.1) is 0 Å². The van der Waals surface area contributed by atoms with Gasteiger partial charge in [-0.1, -0.05) is 12.1 Å². The van der Waals surface area contributed by atoms with Gasteiger partial charge < -0.3 is 9.84 Å². The Morgan fingerprint density at radius 2 is 1.86 bits per heavy atom. The zero-order valence-corrected chi connectivity index (χ0v) is 18.1. The van der Waals surface area contributed by atoms with Gasteiger partial charge in [0.05, 0.1) is 24.2 Å². The zero-order chi connectivity index (χ0) is 21.0. The Morgan fingerprint density at radius 3 is 2.43 bits per heavy atom. The first kappa shape index (κ1) is 23.1. The molecule has 2 atom stereocenters. The Labute approximate surface area is 167 Å². The Balaban J connectivity index is 1.97. The molecule has 8 nitrogen and oxygen atoms in total. The van der Waals surface area contributed by atoms with Crippen molar-refractivity contribution >= 4 is 20.0 Å². The molecule has 10 heteroatoms. The molecule has 1 fully saturated rings.